The van der Waals surface area contributed by atoms with E-state index in [4.69, 9.17) is 0 Å². The van der Waals surface area contributed by atoms with Gasteiger partial charge in [0.1, 0.15) is 0 Å². The lowest BCUT2D eigenvalue weighted by Crippen LogP contribution is -2.32. The van der Waals surface area contributed by atoms with E-state index in [1.54, 1.807) is 12.1 Å². The molecule has 0 fully saturated rings. The van der Waals surface area contributed by atoms with Crippen molar-refractivity contribution in [2.75, 3.05) is 19.6 Å². The van der Waals surface area contributed by atoms with Crippen molar-refractivity contribution in [1.82, 2.24) is 4.90 Å². The van der Waals surface area contributed by atoms with E-state index < -0.39 is 11.7 Å². The molecule has 1 aromatic rings. The van der Waals surface area contributed by atoms with Crippen molar-refractivity contribution in [3.8, 4) is 0 Å². The Morgan fingerprint density at radius 1 is 1.20 bits per heavy atom. The van der Waals surface area contributed by atoms with Crippen LogP contribution in [0.1, 0.15) is 31.4 Å². The van der Waals surface area contributed by atoms with Crippen LogP contribution in [0, 0.1) is 5.92 Å². The minimum absolute atomic E-state index is 0.337. The Hall–Kier alpha value is -1.29. The SMILES string of the molecule is CC(C)CN1CC=C(c2ccccc2C(F)(F)F)CC1. The molecule has 0 amide bonds. The fourth-order valence-electron chi connectivity index (χ4n) is 2.65. The van der Waals surface area contributed by atoms with Gasteiger partial charge in [0, 0.05) is 19.6 Å². The van der Waals surface area contributed by atoms with Gasteiger partial charge in [-0.2, -0.15) is 13.2 Å². The van der Waals surface area contributed by atoms with Gasteiger partial charge in [0.2, 0.25) is 0 Å². The van der Waals surface area contributed by atoms with Gasteiger partial charge < -0.3 is 0 Å². The molecule has 0 bridgehead atoms. The average molecular weight is 283 g/mol. The molecule has 1 aromatic carbocycles. The summed E-state index contributed by atoms with van der Waals surface area (Å²) in [5.74, 6) is 0.576. The summed E-state index contributed by atoms with van der Waals surface area (Å²) in [6.45, 7) is 6.86. The average Bonchev–Trinajstić information content (AvgIpc) is 2.38. The quantitative estimate of drug-likeness (QED) is 0.792. The van der Waals surface area contributed by atoms with Gasteiger partial charge in [-0.05, 0) is 29.5 Å². The first-order valence-corrected chi connectivity index (χ1v) is 6.96. The van der Waals surface area contributed by atoms with Crippen LogP contribution in [0.25, 0.3) is 5.57 Å². The number of nitrogens with zero attached hydrogens (tertiary/aromatic N) is 1. The van der Waals surface area contributed by atoms with Gasteiger partial charge in [0.05, 0.1) is 5.56 Å². The molecule has 2 rings (SSSR count). The molecule has 110 valence electrons. The molecule has 0 atom stereocenters. The second kappa shape index (κ2) is 6.00. The molecule has 0 aliphatic carbocycles. The summed E-state index contributed by atoms with van der Waals surface area (Å²) in [4.78, 5) is 2.28. The summed E-state index contributed by atoms with van der Waals surface area (Å²) in [6, 6.07) is 5.86. The molecule has 1 nitrogen and oxygen atoms in total. The third-order valence-corrected chi connectivity index (χ3v) is 3.50. The number of alkyl halides is 3. The summed E-state index contributed by atoms with van der Waals surface area (Å²) in [5.41, 5.74) is 0.630. The predicted octanol–water partition coefficient (Wildman–Crippen LogP) is 4.45. The van der Waals surface area contributed by atoms with E-state index in [2.05, 4.69) is 18.7 Å². The molecule has 0 spiro atoms. The Balaban J connectivity index is 2.20. The molecular formula is C16H20F3N. The maximum Gasteiger partial charge on any atom is 0.416 e. The maximum atomic E-state index is 13.0. The van der Waals surface area contributed by atoms with Gasteiger partial charge in [0.25, 0.3) is 0 Å². The second-order valence-electron chi connectivity index (χ2n) is 5.68. The van der Waals surface area contributed by atoms with Gasteiger partial charge in [-0.25, -0.2) is 0 Å². The number of halogens is 3. The summed E-state index contributed by atoms with van der Waals surface area (Å²) < 4.78 is 39.0. The highest BCUT2D eigenvalue weighted by molar-refractivity contribution is 5.69. The lowest BCUT2D eigenvalue weighted by atomic mass is 9.94. The number of hydrogen-bond acceptors (Lipinski definition) is 1. The standard InChI is InChI=1S/C16H20F3N/c1-12(2)11-20-9-7-13(8-10-20)14-5-3-4-6-15(14)16(17,18)19/h3-7,12H,8-11H2,1-2H3. The third-order valence-electron chi connectivity index (χ3n) is 3.50. The molecule has 0 radical (unpaired) electrons. The molecule has 0 aromatic heterocycles. The predicted molar refractivity (Wildman–Crippen MR) is 75.3 cm³/mol. The van der Waals surface area contributed by atoms with Crippen LogP contribution in [-0.4, -0.2) is 24.5 Å². The van der Waals surface area contributed by atoms with Crippen molar-refractivity contribution in [2.45, 2.75) is 26.4 Å². The fraction of sp³-hybridized carbons (Fsp3) is 0.500. The summed E-state index contributed by atoms with van der Waals surface area (Å²) in [5, 5.41) is 0. The molecule has 0 unspecified atom stereocenters. The molecule has 20 heavy (non-hydrogen) atoms. The molecule has 0 saturated carbocycles. The first-order chi connectivity index (χ1) is 9.38. The monoisotopic (exact) mass is 283 g/mol. The number of rotatable bonds is 3. The van der Waals surface area contributed by atoms with Crippen molar-refractivity contribution in [2.24, 2.45) is 5.92 Å². The molecule has 1 aliphatic rings. The van der Waals surface area contributed by atoms with Crippen molar-refractivity contribution in [1.29, 1.82) is 0 Å². The summed E-state index contributed by atoms with van der Waals surface area (Å²) in [7, 11) is 0. The van der Waals surface area contributed by atoms with Crippen LogP contribution in [0.4, 0.5) is 13.2 Å². The number of benzene rings is 1. The van der Waals surface area contributed by atoms with Crippen LogP contribution in [0.5, 0.6) is 0 Å². The van der Waals surface area contributed by atoms with E-state index in [1.807, 2.05) is 6.08 Å². The van der Waals surface area contributed by atoms with E-state index >= 15 is 0 Å². The van der Waals surface area contributed by atoms with Gasteiger partial charge in [-0.3, -0.25) is 4.90 Å². The minimum Gasteiger partial charge on any atom is -0.299 e. The normalized spacial score (nSPS) is 17.4. The second-order valence-corrected chi connectivity index (χ2v) is 5.68. The van der Waals surface area contributed by atoms with Gasteiger partial charge in [-0.15, -0.1) is 0 Å². The highest BCUT2D eigenvalue weighted by Gasteiger charge is 2.34. The largest absolute Gasteiger partial charge is 0.416 e. The van der Waals surface area contributed by atoms with E-state index in [1.165, 1.54) is 6.07 Å². The maximum absolute atomic E-state index is 13.0. The molecule has 0 N–H and O–H groups in total. The summed E-state index contributed by atoms with van der Waals surface area (Å²) >= 11 is 0. The Kier molecular flexibility index (Phi) is 4.53. The lowest BCUT2D eigenvalue weighted by molar-refractivity contribution is -0.137. The first-order valence-electron chi connectivity index (χ1n) is 6.96. The third kappa shape index (κ3) is 3.63. The van der Waals surface area contributed by atoms with Crippen LogP contribution < -0.4 is 0 Å². The highest BCUT2D eigenvalue weighted by atomic mass is 19.4. The van der Waals surface area contributed by atoms with Crippen LogP contribution in [0.15, 0.2) is 30.3 Å². The topological polar surface area (TPSA) is 3.24 Å². The van der Waals surface area contributed by atoms with E-state index in [-0.39, 0.29) is 0 Å². The Labute approximate surface area is 118 Å². The fourth-order valence-corrected chi connectivity index (χ4v) is 2.65. The van der Waals surface area contributed by atoms with E-state index in [0.717, 1.165) is 31.3 Å². The number of hydrogen-bond donors (Lipinski definition) is 0. The zero-order chi connectivity index (χ0) is 14.8. The zero-order valence-corrected chi connectivity index (χ0v) is 11.9. The van der Waals surface area contributed by atoms with Crippen molar-refractivity contribution >= 4 is 5.57 Å². The Morgan fingerprint density at radius 3 is 2.45 bits per heavy atom. The molecular weight excluding hydrogens is 263 g/mol. The van der Waals surface area contributed by atoms with E-state index in [9.17, 15) is 13.2 Å². The minimum atomic E-state index is -4.29. The lowest BCUT2D eigenvalue weighted by Gasteiger charge is -2.28. The Bertz CT molecular complexity index is 489. The van der Waals surface area contributed by atoms with Crippen LogP contribution in [0.3, 0.4) is 0 Å². The molecule has 1 aliphatic heterocycles. The highest BCUT2D eigenvalue weighted by Crippen LogP contribution is 2.36. The van der Waals surface area contributed by atoms with Crippen molar-refractivity contribution in [3.05, 3.63) is 41.5 Å². The van der Waals surface area contributed by atoms with Crippen molar-refractivity contribution in [3.63, 3.8) is 0 Å². The molecule has 1 heterocycles. The van der Waals surface area contributed by atoms with Crippen molar-refractivity contribution < 1.29 is 13.2 Å². The van der Waals surface area contributed by atoms with Crippen LogP contribution in [0.2, 0.25) is 0 Å². The zero-order valence-electron chi connectivity index (χ0n) is 11.9. The summed E-state index contributed by atoms with van der Waals surface area (Å²) in [6.07, 6.45) is -1.66. The molecule has 0 saturated heterocycles. The Morgan fingerprint density at radius 2 is 1.90 bits per heavy atom. The first kappa shape index (κ1) is 15.1. The van der Waals surface area contributed by atoms with Gasteiger partial charge in [0.15, 0.2) is 0 Å². The van der Waals surface area contributed by atoms with E-state index in [0.29, 0.717) is 17.9 Å². The van der Waals surface area contributed by atoms with Gasteiger partial charge >= 0.3 is 6.18 Å². The molecule has 4 heteroatoms. The van der Waals surface area contributed by atoms with Crippen LogP contribution >= 0.6 is 0 Å². The van der Waals surface area contributed by atoms with Gasteiger partial charge in [-0.1, -0.05) is 38.1 Å². The van der Waals surface area contributed by atoms with Crippen LogP contribution in [-0.2, 0) is 6.18 Å². The smallest absolute Gasteiger partial charge is 0.299 e.